The fraction of sp³-hybridized carbons (Fsp3) is 0.645. The molecular formula is C31H49N5O7. The number of nitrogens with one attached hydrogen (secondary N) is 2. The molecule has 12 nitrogen and oxygen atoms in total. The predicted molar refractivity (Wildman–Crippen MR) is 162 cm³/mol. The van der Waals surface area contributed by atoms with Gasteiger partial charge in [-0.15, -0.1) is 0 Å². The van der Waals surface area contributed by atoms with Gasteiger partial charge in [-0.05, 0) is 70.0 Å². The lowest BCUT2D eigenvalue weighted by Gasteiger charge is -2.34. The molecule has 1 aromatic carbocycles. The Kier molecular flexibility index (Phi) is 11.9. The topological polar surface area (TPSA) is 149 Å². The number of rotatable bonds is 14. The van der Waals surface area contributed by atoms with Crippen molar-refractivity contribution in [2.45, 2.75) is 66.5 Å². The fourth-order valence-electron chi connectivity index (χ4n) is 4.93. The quantitative estimate of drug-likeness (QED) is 0.127. The lowest BCUT2D eigenvalue weighted by atomic mass is 9.79. The molecule has 43 heavy (non-hydrogen) atoms. The van der Waals surface area contributed by atoms with E-state index in [4.69, 9.17) is 4.74 Å². The van der Waals surface area contributed by atoms with Crippen molar-refractivity contribution < 1.29 is 33.9 Å². The third-order valence-corrected chi connectivity index (χ3v) is 7.86. The minimum atomic E-state index is -1.27. The van der Waals surface area contributed by atoms with Gasteiger partial charge >= 0.3 is 6.03 Å². The van der Waals surface area contributed by atoms with Crippen molar-refractivity contribution in [1.82, 2.24) is 25.5 Å². The first-order valence-corrected chi connectivity index (χ1v) is 14.6. The highest BCUT2D eigenvalue weighted by Crippen LogP contribution is 2.31. The van der Waals surface area contributed by atoms with Crippen LogP contribution in [0.3, 0.4) is 0 Å². The maximum Gasteiger partial charge on any atom is 0.327 e. The second-order valence-corrected chi connectivity index (χ2v) is 13.5. The molecule has 0 aromatic heterocycles. The number of hydrogen-bond acceptors (Lipinski definition) is 8. The van der Waals surface area contributed by atoms with Crippen LogP contribution in [0.4, 0.5) is 4.79 Å². The largest absolute Gasteiger partial charge is 0.492 e. The molecule has 240 valence electrons. The van der Waals surface area contributed by atoms with Crippen LogP contribution >= 0.6 is 0 Å². The Balaban J connectivity index is 2.37. The van der Waals surface area contributed by atoms with Crippen LogP contribution in [-0.4, -0.2) is 102 Å². The van der Waals surface area contributed by atoms with Crippen LogP contribution in [0.5, 0.6) is 5.75 Å². The Morgan fingerprint density at radius 2 is 1.60 bits per heavy atom. The van der Waals surface area contributed by atoms with E-state index in [1.807, 2.05) is 53.6 Å². The summed E-state index contributed by atoms with van der Waals surface area (Å²) in [7, 11) is 5.38. The number of nitrogens with zero attached hydrogens (tertiary/aromatic N) is 3. The summed E-state index contributed by atoms with van der Waals surface area (Å²) in [4.78, 5) is 70.9. The monoisotopic (exact) mass is 603 g/mol. The van der Waals surface area contributed by atoms with Crippen LogP contribution in [0.15, 0.2) is 24.3 Å². The average molecular weight is 604 g/mol. The number of benzene rings is 1. The molecular weight excluding hydrogens is 554 g/mol. The molecule has 1 aromatic rings. The number of Topliss-reactive ketones (excluding diaryl/α,β-unsaturated/α-hetero) is 1. The highest BCUT2D eigenvalue weighted by Gasteiger charge is 2.51. The number of hydroxylamine groups is 1. The van der Waals surface area contributed by atoms with Crippen molar-refractivity contribution >= 4 is 29.5 Å². The lowest BCUT2D eigenvalue weighted by molar-refractivity contribution is -0.143. The van der Waals surface area contributed by atoms with E-state index >= 15 is 0 Å². The molecule has 0 radical (unpaired) electrons. The van der Waals surface area contributed by atoms with Gasteiger partial charge in [0.05, 0.1) is 17.9 Å². The van der Waals surface area contributed by atoms with Gasteiger partial charge in [0.1, 0.15) is 17.9 Å². The number of likely N-dealkylation sites (N-methyl/N-ethyl adjacent to an activating group) is 2. The molecule has 12 heteroatoms. The van der Waals surface area contributed by atoms with Gasteiger partial charge in [0.25, 0.3) is 5.91 Å². The molecule has 1 fully saturated rings. The van der Waals surface area contributed by atoms with Crippen molar-refractivity contribution in [1.29, 1.82) is 0 Å². The van der Waals surface area contributed by atoms with Gasteiger partial charge in [0, 0.05) is 25.7 Å². The molecule has 1 heterocycles. The van der Waals surface area contributed by atoms with Crippen molar-refractivity contribution in [3.8, 4) is 5.75 Å². The van der Waals surface area contributed by atoms with Gasteiger partial charge in [0.15, 0.2) is 5.78 Å². The van der Waals surface area contributed by atoms with Gasteiger partial charge in [-0.3, -0.25) is 29.3 Å². The van der Waals surface area contributed by atoms with Gasteiger partial charge < -0.3 is 19.9 Å². The van der Waals surface area contributed by atoms with Crippen molar-refractivity contribution in [3.05, 3.63) is 29.8 Å². The predicted octanol–water partition coefficient (Wildman–Crippen LogP) is 2.80. The average Bonchev–Trinajstić information content (AvgIpc) is 3.06. The molecule has 2 rings (SSSR count). The molecule has 0 spiro atoms. The summed E-state index contributed by atoms with van der Waals surface area (Å²) in [5.41, 5.74) is 0.137. The second kappa shape index (κ2) is 14.3. The highest BCUT2D eigenvalue weighted by atomic mass is 16.5. The molecule has 1 saturated heterocycles. The Labute approximate surface area is 255 Å². The van der Waals surface area contributed by atoms with E-state index in [1.54, 1.807) is 43.6 Å². The van der Waals surface area contributed by atoms with E-state index in [9.17, 15) is 29.2 Å². The first kappa shape index (κ1) is 35.7. The van der Waals surface area contributed by atoms with E-state index in [0.29, 0.717) is 17.9 Å². The maximum atomic E-state index is 13.9. The summed E-state index contributed by atoms with van der Waals surface area (Å²) in [5.74, 6) is -4.12. The normalized spacial score (nSPS) is 17.2. The van der Waals surface area contributed by atoms with Gasteiger partial charge in [-0.2, -0.15) is 0 Å². The molecule has 5 amide bonds. The zero-order chi connectivity index (χ0) is 32.9. The van der Waals surface area contributed by atoms with Crippen LogP contribution in [0, 0.1) is 23.2 Å². The summed E-state index contributed by atoms with van der Waals surface area (Å²) >= 11 is 0. The van der Waals surface area contributed by atoms with Gasteiger partial charge in [0.2, 0.25) is 11.8 Å². The smallest absolute Gasteiger partial charge is 0.327 e. The van der Waals surface area contributed by atoms with E-state index in [-0.39, 0.29) is 18.1 Å². The highest BCUT2D eigenvalue weighted by molar-refractivity contribution is 6.07. The summed E-state index contributed by atoms with van der Waals surface area (Å²) in [6, 6.07) is 5.13. The molecule has 3 N–H and O–H groups in total. The number of carbonyl (C=O) groups excluding carboxylic acids is 5. The third-order valence-electron chi connectivity index (χ3n) is 7.86. The number of carbonyl (C=O) groups is 5. The van der Waals surface area contributed by atoms with Crippen LogP contribution in [-0.2, 0) is 14.4 Å². The van der Waals surface area contributed by atoms with Crippen LogP contribution in [0.1, 0.15) is 65.2 Å². The minimum absolute atomic E-state index is 0.0716. The first-order chi connectivity index (χ1) is 19.8. The Morgan fingerprint density at radius 1 is 1.02 bits per heavy atom. The van der Waals surface area contributed by atoms with E-state index in [0.717, 1.165) is 11.4 Å². The number of urea groups is 1. The number of ether oxygens (including phenoxy) is 1. The van der Waals surface area contributed by atoms with Crippen molar-refractivity contribution in [2.75, 3.05) is 40.8 Å². The summed E-state index contributed by atoms with van der Waals surface area (Å²) in [5, 5.41) is 12.5. The molecule has 0 aliphatic carbocycles. The molecule has 0 saturated carbocycles. The summed E-state index contributed by atoms with van der Waals surface area (Å²) in [6.07, 6.45) is 0.198. The summed E-state index contributed by atoms with van der Waals surface area (Å²) in [6.45, 7) is 13.2. The van der Waals surface area contributed by atoms with E-state index in [1.165, 1.54) is 11.9 Å². The number of ketones is 1. The third kappa shape index (κ3) is 8.76. The SMILES string of the molecule is CC(C)C[C@@H](C(=O)N[C@H](C(=O)c1ccc(OCCN(C)C)cc1)C(C)(C)C)C(CN1C(=O)N(C)C(C)(C)C1=O)C(=O)NO. The first-order valence-electron chi connectivity index (χ1n) is 14.6. The zero-order valence-corrected chi connectivity index (χ0v) is 27.2. The molecule has 3 atom stereocenters. The molecule has 0 bridgehead atoms. The number of hydrogen-bond donors (Lipinski definition) is 3. The fourth-order valence-corrected chi connectivity index (χ4v) is 4.93. The second-order valence-electron chi connectivity index (χ2n) is 13.5. The zero-order valence-electron chi connectivity index (χ0n) is 27.2. The van der Waals surface area contributed by atoms with Crippen molar-refractivity contribution in [3.63, 3.8) is 0 Å². The molecule has 1 unspecified atom stereocenters. The Bertz CT molecular complexity index is 1170. The van der Waals surface area contributed by atoms with Crippen LogP contribution < -0.4 is 15.5 Å². The summed E-state index contributed by atoms with van der Waals surface area (Å²) < 4.78 is 5.72. The van der Waals surface area contributed by atoms with E-state index < -0.39 is 59.1 Å². The van der Waals surface area contributed by atoms with E-state index in [2.05, 4.69) is 5.32 Å². The number of amides is 5. The maximum absolute atomic E-state index is 13.9. The van der Waals surface area contributed by atoms with Gasteiger partial charge in [-0.25, -0.2) is 10.3 Å². The van der Waals surface area contributed by atoms with Crippen LogP contribution in [0.2, 0.25) is 0 Å². The Hall–Kier alpha value is -3.51. The minimum Gasteiger partial charge on any atom is -0.492 e. The Morgan fingerprint density at radius 3 is 2.05 bits per heavy atom. The van der Waals surface area contributed by atoms with Gasteiger partial charge in [-0.1, -0.05) is 34.6 Å². The molecule has 1 aliphatic heterocycles. The van der Waals surface area contributed by atoms with Crippen molar-refractivity contribution in [2.24, 2.45) is 23.2 Å². The number of imide groups is 1. The standard InChI is InChI=1S/C31H49N5O7/c1-19(2)17-22(23(27(39)33-42)18-36-28(40)31(6,7)35(10)29(36)41)26(38)32-25(30(3,4)5)24(37)20-11-13-21(14-12-20)43-16-15-34(8)9/h11-14,19,22-23,25,42H,15-18H2,1-10H3,(H,32,38)(H,33,39)/t22-,23?,25-/m1/s1. The van der Waals surface area contributed by atoms with Crippen LogP contribution in [0.25, 0.3) is 0 Å². The molecule has 1 aliphatic rings. The lowest BCUT2D eigenvalue weighted by Crippen LogP contribution is -2.54.